The van der Waals surface area contributed by atoms with Crippen molar-refractivity contribution in [3.63, 3.8) is 0 Å². The van der Waals surface area contributed by atoms with E-state index in [1.807, 2.05) is 19.9 Å². The lowest BCUT2D eigenvalue weighted by molar-refractivity contribution is 0.108. The van der Waals surface area contributed by atoms with Crippen LogP contribution in [0.2, 0.25) is 0 Å². The minimum absolute atomic E-state index is 0.428. The van der Waals surface area contributed by atoms with E-state index in [-0.39, 0.29) is 0 Å². The lowest BCUT2D eigenvalue weighted by atomic mass is 10.1. The van der Waals surface area contributed by atoms with Gasteiger partial charge in [0.15, 0.2) is 0 Å². The summed E-state index contributed by atoms with van der Waals surface area (Å²) in [6, 6.07) is 3.55. The largest absolute Gasteiger partial charge is 0.496 e. The number of aryl methyl sites for hydroxylation is 2. The van der Waals surface area contributed by atoms with Gasteiger partial charge in [0.05, 0.1) is 7.11 Å². The molecule has 0 aliphatic rings. The Labute approximate surface area is 82.5 Å². The Morgan fingerprint density at radius 3 is 2.38 bits per heavy atom. The van der Waals surface area contributed by atoms with Crippen molar-refractivity contribution in [2.75, 3.05) is 7.11 Å². The minimum atomic E-state index is -0.428. The Balaban J connectivity index is 3.28. The zero-order chi connectivity index (χ0) is 10.0. The zero-order valence-electron chi connectivity index (χ0n) is 7.85. The maximum Gasteiger partial charge on any atom is 0.252 e. The highest BCUT2D eigenvalue weighted by Gasteiger charge is 2.09. The van der Waals surface area contributed by atoms with E-state index in [0.717, 1.165) is 16.9 Å². The molecule has 2 nitrogen and oxygen atoms in total. The van der Waals surface area contributed by atoms with Gasteiger partial charge in [0.1, 0.15) is 5.75 Å². The van der Waals surface area contributed by atoms with Gasteiger partial charge in [-0.05, 0) is 48.7 Å². The molecule has 0 aromatic heterocycles. The number of carbonyl (C=O) groups excluding carboxylic acids is 1. The average Bonchev–Trinajstić information content (AvgIpc) is 2.07. The maximum atomic E-state index is 10.9. The smallest absolute Gasteiger partial charge is 0.252 e. The van der Waals surface area contributed by atoms with E-state index in [2.05, 4.69) is 0 Å². The van der Waals surface area contributed by atoms with Crippen LogP contribution in [-0.2, 0) is 0 Å². The number of carbonyl (C=O) groups is 1. The third-order valence-corrected chi connectivity index (χ3v) is 2.16. The molecule has 0 fully saturated rings. The van der Waals surface area contributed by atoms with Gasteiger partial charge in [-0.1, -0.05) is 0 Å². The number of hydrogen-bond donors (Lipinski definition) is 0. The molecule has 0 spiro atoms. The Kier molecular flexibility index (Phi) is 2.94. The van der Waals surface area contributed by atoms with Crippen LogP contribution in [0.15, 0.2) is 12.1 Å². The minimum Gasteiger partial charge on any atom is -0.496 e. The molecule has 0 saturated carbocycles. The maximum absolute atomic E-state index is 10.9. The standard InChI is InChI=1S/C10H11ClO2/c1-6-5-9(13-3)7(2)4-8(6)10(11)12/h4-5H,1-3H3. The fourth-order valence-corrected chi connectivity index (χ4v) is 1.42. The molecule has 0 amide bonds. The first-order valence-electron chi connectivity index (χ1n) is 3.91. The first kappa shape index (κ1) is 10.1. The fourth-order valence-electron chi connectivity index (χ4n) is 1.22. The molecule has 0 aliphatic heterocycles. The SMILES string of the molecule is COc1cc(C)c(C(=O)Cl)cc1C. The van der Waals surface area contributed by atoms with Gasteiger partial charge in [0.2, 0.25) is 0 Å². The van der Waals surface area contributed by atoms with Crippen LogP contribution in [0.3, 0.4) is 0 Å². The molecule has 0 heterocycles. The van der Waals surface area contributed by atoms with Crippen molar-refractivity contribution in [3.05, 3.63) is 28.8 Å². The normalized spacial score (nSPS) is 9.85. The Morgan fingerprint density at radius 1 is 1.31 bits per heavy atom. The van der Waals surface area contributed by atoms with Crippen LogP contribution in [-0.4, -0.2) is 12.4 Å². The van der Waals surface area contributed by atoms with Gasteiger partial charge in [0.25, 0.3) is 5.24 Å². The number of methoxy groups -OCH3 is 1. The van der Waals surface area contributed by atoms with E-state index in [4.69, 9.17) is 16.3 Å². The summed E-state index contributed by atoms with van der Waals surface area (Å²) in [5.41, 5.74) is 2.29. The van der Waals surface area contributed by atoms with E-state index in [1.165, 1.54) is 0 Å². The lowest BCUT2D eigenvalue weighted by Crippen LogP contribution is -1.96. The number of halogens is 1. The van der Waals surface area contributed by atoms with Crippen molar-refractivity contribution in [1.29, 1.82) is 0 Å². The molecular formula is C10H11ClO2. The second-order valence-corrected chi connectivity index (χ2v) is 3.25. The lowest BCUT2D eigenvalue weighted by Gasteiger charge is -2.07. The predicted octanol–water partition coefficient (Wildman–Crippen LogP) is 2.69. The molecule has 0 N–H and O–H groups in total. The van der Waals surface area contributed by atoms with Crippen LogP contribution in [0.4, 0.5) is 0 Å². The van der Waals surface area contributed by atoms with E-state index in [0.29, 0.717) is 5.56 Å². The number of rotatable bonds is 2. The summed E-state index contributed by atoms with van der Waals surface area (Å²) < 4.78 is 5.11. The fraction of sp³-hybridized carbons (Fsp3) is 0.300. The molecule has 0 bridgehead atoms. The molecular weight excluding hydrogens is 188 g/mol. The Bertz CT molecular complexity index is 345. The van der Waals surface area contributed by atoms with Crippen LogP contribution in [0.25, 0.3) is 0 Å². The summed E-state index contributed by atoms with van der Waals surface area (Å²) in [4.78, 5) is 10.9. The second kappa shape index (κ2) is 3.79. The van der Waals surface area contributed by atoms with Crippen molar-refractivity contribution >= 4 is 16.8 Å². The van der Waals surface area contributed by atoms with Gasteiger partial charge < -0.3 is 4.74 Å². The molecule has 0 radical (unpaired) electrons. The van der Waals surface area contributed by atoms with Crippen molar-refractivity contribution in [1.82, 2.24) is 0 Å². The van der Waals surface area contributed by atoms with Gasteiger partial charge in [-0.3, -0.25) is 4.79 Å². The van der Waals surface area contributed by atoms with Crippen molar-refractivity contribution in [3.8, 4) is 5.75 Å². The molecule has 3 heteroatoms. The van der Waals surface area contributed by atoms with E-state index in [1.54, 1.807) is 13.2 Å². The molecule has 0 atom stereocenters. The van der Waals surface area contributed by atoms with Gasteiger partial charge >= 0.3 is 0 Å². The van der Waals surface area contributed by atoms with Crippen LogP contribution in [0, 0.1) is 13.8 Å². The first-order valence-corrected chi connectivity index (χ1v) is 4.29. The summed E-state index contributed by atoms with van der Waals surface area (Å²) in [6.45, 7) is 3.71. The van der Waals surface area contributed by atoms with Crippen LogP contribution in [0.1, 0.15) is 21.5 Å². The molecule has 1 aromatic carbocycles. The zero-order valence-corrected chi connectivity index (χ0v) is 8.61. The highest BCUT2D eigenvalue weighted by molar-refractivity contribution is 6.67. The summed E-state index contributed by atoms with van der Waals surface area (Å²) >= 11 is 5.40. The average molecular weight is 199 g/mol. The highest BCUT2D eigenvalue weighted by atomic mass is 35.5. The van der Waals surface area contributed by atoms with E-state index in [9.17, 15) is 4.79 Å². The molecule has 1 aromatic rings. The van der Waals surface area contributed by atoms with E-state index < -0.39 is 5.24 Å². The third-order valence-electron chi connectivity index (χ3n) is 1.95. The number of hydrogen-bond acceptors (Lipinski definition) is 2. The van der Waals surface area contributed by atoms with Crippen molar-refractivity contribution in [2.24, 2.45) is 0 Å². The monoisotopic (exact) mass is 198 g/mol. The molecule has 13 heavy (non-hydrogen) atoms. The van der Waals surface area contributed by atoms with Gasteiger partial charge in [-0.15, -0.1) is 0 Å². The summed E-state index contributed by atoms with van der Waals surface area (Å²) in [6.07, 6.45) is 0. The van der Waals surface area contributed by atoms with Gasteiger partial charge in [-0.25, -0.2) is 0 Å². The Morgan fingerprint density at radius 2 is 1.92 bits per heavy atom. The quantitative estimate of drug-likeness (QED) is 0.683. The van der Waals surface area contributed by atoms with Crippen molar-refractivity contribution < 1.29 is 9.53 Å². The Hall–Kier alpha value is -1.02. The highest BCUT2D eigenvalue weighted by Crippen LogP contribution is 2.23. The summed E-state index contributed by atoms with van der Waals surface area (Å²) in [5, 5.41) is -0.428. The van der Waals surface area contributed by atoms with Crippen LogP contribution >= 0.6 is 11.6 Å². The van der Waals surface area contributed by atoms with Gasteiger partial charge in [-0.2, -0.15) is 0 Å². The molecule has 1 rings (SSSR count). The number of benzene rings is 1. The van der Waals surface area contributed by atoms with Crippen LogP contribution in [0.5, 0.6) is 5.75 Å². The summed E-state index contributed by atoms with van der Waals surface area (Å²) in [7, 11) is 1.60. The number of ether oxygens (including phenoxy) is 1. The molecule has 0 aliphatic carbocycles. The topological polar surface area (TPSA) is 26.3 Å². The van der Waals surface area contributed by atoms with Crippen molar-refractivity contribution in [2.45, 2.75) is 13.8 Å². The first-order chi connectivity index (χ1) is 6.06. The second-order valence-electron chi connectivity index (χ2n) is 2.91. The van der Waals surface area contributed by atoms with E-state index >= 15 is 0 Å². The molecule has 0 saturated heterocycles. The van der Waals surface area contributed by atoms with Gasteiger partial charge in [0, 0.05) is 5.56 Å². The third kappa shape index (κ3) is 2.01. The summed E-state index contributed by atoms with van der Waals surface area (Å²) in [5.74, 6) is 0.777. The molecule has 70 valence electrons. The predicted molar refractivity (Wildman–Crippen MR) is 52.7 cm³/mol. The molecule has 0 unspecified atom stereocenters. The van der Waals surface area contributed by atoms with Crippen LogP contribution < -0.4 is 4.74 Å².